The first-order valence-electron chi connectivity index (χ1n) is 11.1. The molecule has 2 aromatic rings. The van der Waals surface area contributed by atoms with Crippen molar-refractivity contribution >= 4 is 23.8 Å². The maximum absolute atomic E-state index is 13.1. The molecular weight excluding hydrogens is 406 g/mol. The van der Waals surface area contributed by atoms with Crippen LogP contribution in [0.25, 0.3) is 0 Å². The summed E-state index contributed by atoms with van der Waals surface area (Å²) in [5.74, 6) is 0.349. The second-order valence-corrected chi connectivity index (χ2v) is 8.43. The number of hydrazine groups is 1. The molecule has 0 saturated carbocycles. The van der Waals surface area contributed by atoms with Crippen molar-refractivity contribution in [2.24, 2.45) is 5.10 Å². The van der Waals surface area contributed by atoms with Crippen molar-refractivity contribution in [1.29, 1.82) is 0 Å². The van der Waals surface area contributed by atoms with Crippen LogP contribution < -0.4 is 15.1 Å². The zero-order valence-corrected chi connectivity index (χ0v) is 18.3. The van der Waals surface area contributed by atoms with Crippen molar-refractivity contribution in [3.63, 3.8) is 0 Å². The highest BCUT2D eigenvalue weighted by molar-refractivity contribution is 5.99. The van der Waals surface area contributed by atoms with Gasteiger partial charge in [-0.2, -0.15) is 5.10 Å². The Kier molecular flexibility index (Phi) is 5.30. The quantitative estimate of drug-likeness (QED) is 0.801. The molecule has 1 saturated heterocycles. The number of anilines is 1. The number of hydrogen-bond acceptors (Lipinski definition) is 6. The average Bonchev–Trinajstić information content (AvgIpc) is 3.25. The summed E-state index contributed by atoms with van der Waals surface area (Å²) in [5, 5.41) is 7.31. The van der Waals surface area contributed by atoms with E-state index in [0.29, 0.717) is 25.3 Å². The van der Waals surface area contributed by atoms with Gasteiger partial charge in [-0.1, -0.05) is 37.3 Å². The standard InChI is InChI=1S/C24H27N5O3/c1-3-17-5-7-18(8-6-17)19-13-21-24(31)28(25-15-29(21)26-19)14-23(30)27-10-11-32-22-9-4-16(2)12-20(22)27/h4-9,12,15,19,21,26H,3,10-11,13-14H2,1-2H3. The fourth-order valence-electron chi connectivity index (χ4n) is 4.46. The van der Waals surface area contributed by atoms with E-state index in [1.165, 1.54) is 10.6 Å². The Morgan fingerprint density at radius 1 is 1.22 bits per heavy atom. The van der Waals surface area contributed by atoms with Gasteiger partial charge >= 0.3 is 0 Å². The smallest absolute Gasteiger partial charge is 0.267 e. The van der Waals surface area contributed by atoms with Gasteiger partial charge in [-0.25, -0.2) is 10.4 Å². The number of carbonyl (C=O) groups is 2. The Morgan fingerprint density at radius 2 is 2.03 bits per heavy atom. The molecule has 0 aromatic heterocycles. The van der Waals surface area contributed by atoms with Crippen LogP contribution in [0.5, 0.6) is 5.75 Å². The van der Waals surface area contributed by atoms with Crippen LogP contribution in [0.15, 0.2) is 47.6 Å². The van der Waals surface area contributed by atoms with Crippen LogP contribution in [-0.4, -0.2) is 53.9 Å². The highest BCUT2D eigenvalue weighted by atomic mass is 16.5. The molecule has 0 radical (unpaired) electrons. The van der Waals surface area contributed by atoms with Crippen molar-refractivity contribution < 1.29 is 14.3 Å². The van der Waals surface area contributed by atoms with Gasteiger partial charge in [-0.3, -0.25) is 14.6 Å². The number of hydrogen-bond donors (Lipinski definition) is 1. The Bertz CT molecular complexity index is 1070. The van der Waals surface area contributed by atoms with Crippen molar-refractivity contribution in [3.8, 4) is 5.75 Å². The van der Waals surface area contributed by atoms with Gasteiger partial charge in [-0.05, 0) is 48.6 Å². The summed E-state index contributed by atoms with van der Waals surface area (Å²) < 4.78 is 5.68. The molecule has 32 heavy (non-hydrogen) atoms. The van der Waals surface area contributed by atoms with E-state index in [9.17, 15) is 9.59 Å². The molecule has 3 aliphatic rings. The fourth-order valence-corrected chi connectivity index (χ4v) is 4.46. The van der Waals surface area contributed by atoms with Crippen molar-refractivity contribution in [3.05, 3.63) is 59.2 Å². The van der Waals surface area contributed by atoms with E-state index in [1.807, 2.05) is 25.1 Å². The Hall–Kier alpha value is -3.39. The minimum absolute atomic E-state index is 0.0334. The van der Waals surface area contributed by atoms with Crippen molar-refractivity contribution in [2.45, 2.75) is 38.8 Å². The van der Waals surface area contributed by atoms with Crippen LogP contribution in [0.4, 0.5) is 5.69 Å². The third-order valence-corrected chi connectivity index (χ3v) is 6.31. The highest BCUT2D eigenvalue weighted by Gasteiger charge is 2.41. The van der Waals surface area contributed by atoms with Crippen LogP contribution in [0.2, 0.25) is 0 Å². The molecule has 1 N–H and O–H groups in total. The summed E-state index contributed by atoms with van der Waals surface area (Å²) in [6, 6.07) is 13.9. The van der Waals surface area contributed by atoms with Gasteiger partial charge < -0.3 is 9.64 Å². The van der Waals surface area contributed by atoms with Crippen LogP contribution in [0.3, 0.4) is 0 Å². The normalized spacial score (nSPS) is 21.9. The number of fused-ring (bicyclic) bond motifs is 2. The Balaban J connectivity index is 1.27. The van der Waals surface area contributed by atoms with Crippen LogP contribution in [0, 0.1) is 6.92 Å². The molecule has 2 amide bonds. The molecule has 1 fully saturated rings. The lowest BCUT2D eigenvalue weighted by Crippen LogP contribution is -2.53. The highest BCUT2D eigenvalue weighted by Crippen LogP contribution is 2.33. The second-order valence-electron chi connectivity index (χ2n) is 8.43. The van der Waals surface area contributed by atoms with E-state index >= 15 is 0 Å². The molecule has 2 unspecified atom stereocenters. The monoisotopic (exact) mass is 433 g/mol. The Morgan fingerprint density at radius 3 is 2.81 bits per heavy atom. The first-order chi connectivity index (χ1) is 15.5. The van der Waals surface area contributed by atoms with E-state index in [0.717, 1.165) is 23.2 Å². The van der Waals surface area contributed by atoms with Crippen LogP contribution >= 0.6 is 0 Å². The van der Waals surface area contributed by atoms with Gasteiger partial charge in [0, 0.05) is 0 Å². The molecule has 166 valence electrons. The summed E-state index contributed by atoms with van der Waals surface area (Å²) in [4.78, 5) is 27.9. The summed E-state index contributed by atoms with van der Waals surface area (Å²) >= 11 is 0. The number of aryl methyl sites for hydroxylation is 2. The average molecular weight is 434 g/mol. The summed E-state index contributed by atoms with van der Waals surface area (Å²) in [5.41, 5.74) is 7.57. The van der Waals surface area contributed by atoms with Crippen LogP contribution in [-0.2, 0) is 16.0 Å². The molecule has 5 rings (SSSR count). The number of nitrogens with zero attached hydrogens (tertiary/aromatic N) is 4. The molecule has 2 aromatic carbocycles. The molecule has 8 heteroatoms. The first kappa shape index (κ1) is 20.5. The summed E-state index contributed by atoms with van der Waals surface area (Å²) in [6.07, 6.45) is 3.23. The maximum Gasteiger partial charge on any atom is 0.267 e. The largest absolute Gasteiger partial charge is 0.490 e. The predicted molar refractivity (Wildman–Crippen MR) is 121 cm³/mol. The molecule has 3 heterocycles. The molecule has 0 spiro atoms. The number of rotatable bonds is 4. The second kappa shape index (κ2) is 8.27. The van der Waals surface area contributed by atoms with Gasteiger partial charge in [0.1, 0.15) is 31.3 Å². The fraction of sp³-hybridized carbons (Fsp3) is 0.375. The van der Waals surface area contributed by atoms with E-state index < -0.39 is 0 Å². The third kappa shape index (κ3) is 3.71. The summed E-state index contributed by atoms with van der Waals surface area (Å²) in [6.45, 7) is 4.89. The van der Waals surface area contributed by atoms with E-state index in [1.54, 1.807) is 16.2 Å². The molecule has 8 nitrogen and oxygen atoms in total. The van der Waals surface area contributed by atoms with E-state index in [4.69, 9.17) is 4.74 Å². The van der Waals surface area contributed by atoms with Gasteiger partial charge in [0.2, 0.25) is 5.91 Å². The SMILES string of the molecule is CCc1ccc(C2CC3C(=O)N(CC(=O)N4CCOc5ccc(C)cc54)N=CN3N2)cc1. The first-order valence-corrected chi connectivity index (χ1v) is 11.1. The molecule has 2 atom stereocenters. The topological polar surface area (TPSA) is 77.5 Å². The molecule has 0 aliphatic carbocycles. The van der Waals surface area contributed by atoms with Gasteiger partial charge in [0.05, 0.1) is 18.3 Å². The zero-order valence-electron chi connectivity index (χ0n) is 18.3. The molecular formula is C24H27N5O3. The summed E-state index contributed by atoms with van der Waals surface area (Å²) in [7, 11) is 0. The van der Waals surface area contributed by atoms with Gasteiger partial charge in [-0.15, -0.1) is 0 Å². The number of nitrogens with one attached hydrogen (secondary N) is 1. The lowest BCUT2D eigenvalue weighted by Gasteiger charge is -2.33. The lowest BCUT2D eigenvalue weighted by molar-refractivity contribution is -0.139. The third-order valence-electron chi connectivity index (χ3n) is 6.31. The number of amides is 2. The van der Waals surface area contributed by atoms with Crippen molar-refractivity contribution in [2.75, 3.05) is 24.6 Å². The number of hydrazone groups is 1. The van der Waals surface area contributed by atoms with E-state index in [-0.39, 0.29) is 30.4 Å². The molecule has 3 aliphatic heterocycles. The number of ether oxygens (including phenoxy) is 1. The molecule has 0 bridgehead atoms. The van der Waals surface area contributed by atoms with Crippen molar-refractivity contribution in [1.82, 2.24) is 15.4 Å². The Labute approximate surface area is 187 Å². The van der Waals surface area contributed by atoms with Gasteiger partial charge in [0.25, 0.3) is 5.91 Å². The number of carbonyl (C=O) groups excluding carboxylic acids is 2. The van der Waals surface area contributed by atoms with E-state index in [2.05, 4.69) is 41.7 Å². The van der Waals surface area contributed by atoms with Gasteiger partial charge in [0.15, 0.2) is 0 Å². The predicted octanol–water partition coefficient (Wildman–Crippen LogP) is 2.39. The minimum atomic E-state index is -0.379. The zero-order chi connectivity index (χ0) is 22.2. The number of benzene rings is 2. The minimum Gasteiger partial charge on any atom is -0.490 e. The van der Waals surface area contributed by atoms with Crippen LogP contribution in [0.1, 0.15) is 36.1 Å². The lowest BCUT2D eigenvalue weighted by atomic mass is 9.99. The maximum atomic E-state index is 13.1.